The topological polar surface area (TPSA) is 46.2 Å². The highest BCUT2D eigenvalue weighted by Crippen LogP contribution is 2.54. The van der Waals surface area contributed by atoms with Crippen LogP contribution >= 0.6 is 0 Å². The van der Waals surface area contributed by atoms with Crippen LogP contribution in [-0.2, 0) is 10.0 Å². The lowest BCUT2D eigenvalue weighted by atomic mass is 10.1. The molecule has 0 spiro atoms. The van der Waals surface area contributed by atoms with Crippen LogP contribution in [0.25, 0.3) is 0 Å². The average Bonchev–Trinajstić information content (AvgIpc) is 2.31. The van der Waals surface area contributed by atoms with Gasteiger partial charge in [-0.15, -0.1) is 0 Å². The average molecular weight is 399 g/mol. The number of alkyl halides is 9. The molecule has 0 aromatic carbocycles. The molecule has 0 aliphatic rings. The highest BCUT2D eigenvalue weighted by atomic mass is 32.2. The van der Waals surface area contributed by atoms with E-state index < -0.39 is 39.8 Å². The molecular weight excluding hydrogens is 383 g/mol. The summed E-state index contributed by atoms with van der Waals surface area (Å²) in [5, 5.41) is -6.68. The van der Waals surface area contributed by atoms with Gasteiger partial charge < -0.3 is 4.48 Å². The Morgan fingerprint density at radius 2 is 1.25 bits per heavy atom. The van der Waals surface area contributed by atoms with Crippen molar-refractivity contribution < 1.29 is 52.4 Å². The summed E-state index contributed by atoms with van der Waals surface area (Å²) in [5.74, 6) is -14.5. The van der Waals surface area contributed by atoms with Gasteiger partial charge in [0.15, 0.2) is 0 Å². The smallest absolute Gasteiger partial charge is 0.331 e. The fraction of sp³-hybridized carbons (Fsp3) is 1.00. The van der Waals surface area contributed by atoms with Crippen LogP contribution < -0.4 is 4.72 Å². The lowest BCUT2D eigenvalue weighted by Crippen LogP contribution is -2.65. The third-order valence-corrected chi connectivity index (χ3v) is 4.27. The molecule has 146 valence electrons. The second-order valence-electron chi connectivity index (χ2n) is 5.93. The zero-order valence-corrected chi connectivity index (χ0v) is 13.5. The van der Waals surface area contributed by atoms with Gasteiger partial charge in [-0.25, -0.2) is 13.1 Å². The maximum atomic E-state index is 13.3. The molecule has 1 N–H and O–H groups in total. The Morgan fingerprint density at radius 3 is 1.58 bits per heavy atom. The molecule has 4 nitrogen and oxygen atoms in total. The molecule has 0 fully saturated rings. The molecule has 0 aliphatic heterocycles. The van der Waals surface area contributed by atoms with Gasteiger partial charge in [-0.05, 0) is 0 Å². The summed E-state index contributed by atoms with van der Waals surface area (Å²) in [6.45, 7) is -0.662. The van der Waals surface area contributed by atoms with Crippen molar-refractivity contribution in [3.63, 3.8) is 0 Å². The molecule has 0 bridgehead atoms. The van der Waals surface area contributed by atoms with Crippen LogP contribution in [0.3, 0.4) is 0 Å². The first-order valence-electron chi connectivity index (χ1n) is 6.20. The minimum absolute atomic E-state index is 0.153. The second-order valence-corrected chi connectivity index (χ2v) is 7.74. The molecule has 0 saturated carbocycles. The van der Waals surface area contributed by atoms with Gasteiger partial charge in [0.1, 0.15) is 0 Å². The van der Waals surface area contributed by atoms with E-state index in [4.69, 9.17) is 0 Å². The second kappa shape index (κ2) is 6.52. The quantitative estimate of drug-likeness (QED) is 0.387. The van der Waals surface area contributed by atoms with Crippen molar-refractivity contribution in [1.82, 2.24) is 4.72 Å². The number of rotatable bonds is 8. The fourth-order valence-electron chi connectivity index (χ4n) is 1.38. The molecule has 0 aromatic rings. The predicted molar refractivity (Wildman–Crippen MR) is 65.3 cm³/mol. The maximum absolute atomic E-state index is 13.3. The van der Waals surface area contributed by atoms with Crippen LogP contribution in [-0.4, -0.2) is 70.4 Å². The van der Waals surface area contributed by atoms with Crippen molar-refractivity contribution in [3.8, 4) is 0 Å². The summed E-state index contributed by atoms with van der Waals surface area (Å²) < 4.78 is 137. The number of nitrogens with zero attached hydrogens (tertiary/aromatic N) is 1. The van der Waals surface area contributed by atoms with Crippen molar-refractivity contribution in [2.24, 2.45) is 0 Å². The highest BCUT2D eigenvalue weighted by Gasteiger charge is 2.85. The van der Waals surface area contributed by atoms with E-state index in [0.717, 1.165) is 4.72 Å². The van der Waals surface area contributed by atoms with Gasteiger partial charge in [0.25, 0.3) is 10.0 Å². The number of quaternary nitrogens is 1. The van der Waals surface area contributed by atoms with E-state index in [1.54, 1.807) is 21.1 Å². The molecular formula is C10H16F9N2O2S+. The van der Waals surface area contributed by atoms with E-state index in [2.05, 4.69) is 0 Å². The Morgan fingerprint density at radius 1 is 0.833 bits per heavy atom. The van der Waals surface area contributed by atoms with Crippen molar-refractivity contribution >= 4 is 10.0 Å². The summed E-state index contributed by atoms with van der Waals surface area (Å²) in [5.41, 5.74) is 0. The summed E-state index contributed by atoms with van der Waals surface area (Å²) in [7, 11) is -1.62. The zero-order valence-electron chi connectivity index (χ0n) is 12.7. The summed E-state index contributed by atoms with van der Waals surface area (Å²) in [6, 6.07) is 0. The Kier molecular flexibility index (Phi) is 6.31. The minimum atomic E-state index is -7.25. The standard InChI is InChI=1S/C10H16F9N2O2S/c1-21(2,3)6-4-5-20-24(22,23)10(18,19)8(13,14)7(11,12)9(15,16)17/h20H,4-6H2,1-3H3/q+1. The molecule has 0 atom stereocenters. The SMILES string of the molecule is C[N+](C)(C)CCCNS(=O)(=O)C(F)(F)C(F)(F)C(F)(F)C(F)(F)F. The van der Waals surface area contributed by atoms with Gasteiger partial charge in [0, 0.05) is 13.0 Å². The number of hydrogen-bond donors (Lipinski definition) is 1. The molecule has 14 heteroatoms. The predicted octanol–water partition coefficient (Wildman–Crippen LogP) is 2.43. The Hall–Kier alpha value is -0.760. The molecule has 0 heterocycles. The van der Waals surface area contributed by atoms with Crippen molar-refractivity contribution in [1.29, 1.82) is 0 Å². The number of halogens is 9. The van der Waals surface area contributed by atoms with E-state index in [9.17, 15) is 47.9 Å². The van der Waals surface area contributed by atoms with Crippen molar-refractivity contribution in [2.45, 2.75) is 29.7 Å². The van der Waals surface area contributed by atoms with Gasteiger partial charge in [0.05, 0.1) is 27.7 Å². The number of sulfonamides is 1. The monoisotopic (exact) mass is 399 g/mol. The van der Waals surface area contributed by atoms with Gasteiger partial charge in [0.2, 0.25) is 0 Å². The summed E-state index contributed by atoms with van der Waals surface area (Å²) >= 11 is 0. The van der Waals surface area contributed by atoms with E-state index in [1.165, 1.54) is 0 Å². The minimum Gasteiger partial charge on any atom is -0.331 e. The molecule has 0 radical (unpaired) electrons. The van der Waals surface area contributed by atoms with Crippen LogP contribution in [0.2, 0.25) is 0 Å². The lowest BCUT2D eigenvalue weighted by molar-refractivity contribution is -0.870. The van der Waals surface area contributed by atoms with E-state index in [0.29, 0.717) is 0 Å². The fourth-order valence-corrected chi connectivity index (χ4v) is 2.44. The first kappa shape index (κ1) is 23.2. The summed E-state index contributed by atoms with van der Waals surface area (Å²) in [4.78, 5) is 0. The normalized spacial score (nSPS) is 15.7. The summed E-state index contributed by atoms with van der Waals surface area (Å²) in [6.07, 6.45) is -7.22. The van der Waals surface area contributed by atoms with Crippen LogP contribution in [0.4, 0.5) is 39.5 Å². The number of nitrogens with one attached hydrogen (secondary N) is 1. The van der Waals surface area contributed by atoms with Crippen molar-refractivity contribution in [3.05, 3.63) is 0 Å². The molecule has 0 rings (SSSR count). The van der Waals surface area contributed by atoms with Crippen LogP contribution in [0.15, 0.2) is 0 Å². The van der Waals surface area contributed by atoms with E-state index in [1.807, 2.05) is 0 Å². The first-order chi connectivity index (χ1) is 10.2. The van der Waals surface area contributed by atoms with Crippen LogP contribution in [0, 0.1) is 0 Å². The van der Waals surface area contributed by atoms with Gasteiger partial charge in [-0.3, -0.25) is 0 Å². The maximum Gasteiger partial charge on any atom is 0.460 e. The third kappa shape index (κ3) is 4.45. The lowest BCUT2D eigenvalue weighted by Gasteiger charge is -2.33. The zero-order chi connectivity index (χ0) is 19.8. The molecule has 24 heavy (non-hydrogen) atoms. The van der Waals surface area contributed by atoms with Crippen molar-refractivity contribution in [2.75, 3.05) is 34.2 Å². The molecule has 0 amide bonds. The Bertz CT molecular complexity index is 538. The van der Waals surface area contributed by atoms with Gasteiger partial charge in [-0.1, -0.05) is 0 Å². The molecule has 0 unspecified atom stereocenters. The van der Waals surface area contributed by atoms with E-state index in [-0.39, 0.29) is 17.4 Å². The van der Waals surface area contributed by atoms with Gasteiger partial charge in [-0.2, -0.15) is 39.5 Å². The van der Waals surface area contributed by atoms with Gasteiger partial charge >= 0.3 is 23.3 Å². The molecule has 0 saturated heterocycles. The van der Waals surface area contributed by atoms with Crippen LogP contribution in [0.1, 0.15) is 6.42 Å². The Labute approximate surface area is 132 Å². The number of hydrogen-bond acceptors (Lipinski definition) is 2. The third-order valence-electron chi connectivity index (χ3n) is 2.75. The Balaban J connectivity index is 5.40. The molecule has 0 aliphatic carbocycles. The first-order valence-corrected chi connectivity index (χ1v) is 7.69. The van der Waals surface area contributed by atoms with Crippen LogP contribution in [0.5, 0.6) is 0 Å². The highest BCUT2D eigenvalue weighted by molar-refractivity contribution is 7.90. The van der Waals surface area contributed by atoms with E-state index >= 15 is 0 Å². The largest absolute Gasteiger partial charge is 0.460 e. The molecule has 0 aromatic heterocycles.